The van der Waals surface area contributed by atoms with Crippen molar-refractivity contribution in [3.63, 3.8) is 0 Å². The number of hydrogen-bond acceptors (Lipinski definition) is 3. The molecule has 0 radical (unpaired) electrons. The van der Waals surface area contributed by atoms with E-state index in [1.54, 1.807) is 23.0 Å². The topological polar surface area (TPSA) is 64.0 Å². The molecule has 162 valence electrons. The van der Waals surface area contributed by atoms with Gasteiger partial charge in [-0.15, -0.1) is 0 Å². The largest absolute Gasteiger partial charge is 0.344 e. The van der Waals surface area contributed by atoms with Gasteiger partial charge in [0.2, 0.25) is 0 Å². The fraction of sp³-hybridized carbons (Fsp3) is 0.0741. The number of nitrogens with zero attached hydrogens (tertiary/aromatic N) is 2. The molecule has 5 rings (SSSR count). The number of carbonyl (C=O) groups excluding carboxylic acids is 1. The molecule has 2 aromatic heterocycles. The Bertz CT molecular complexity index is 1560. The first kappa shape index (κ1) is 20.9. The molecule has 33 heavy (non-hydrogen) atoms. The van der Waals surface area contributed by atoms with E-state index in [0.29, 0.717) is 27.4 Å². The minimum absolute atomic E-state index is 0.229. The number of fused-ring (bicyclic) bond motifs is 2. The first-order valence-corrected chi connectivity index (χ1v) is 11.0. The lowest BCUT2D eigenvalue weighted by molar-refractivity contribution is 0.0940. The smallest absolute Gasteiger partial charge is 0.264 e. The third-order valence-electron chi connectivity index (χ3n) is 5.74. The summed E-state index contributed by atoms with van der Waals surface area (Å²) in [4.78, 5) is 31.0. The molecule has 0 saturated carbocycles. The van der Waals surface area contributed by atoms with Crippen molar-refractivity contribution in [2.75, 3.05) is 0 Å². The van der Waals surface area contributed by atoms with Crippen LogP contribution in [0, 0.1) is 0 Å². The van der Waals surface area contributed by atoms with E-state index < -0.39 is 6.04 Å². The Labute approximate surface area is 195 Å². The highest BCUT2D eigenvalue weighted by molar-refractivity contribution is 6.35. The predicted octanol–water partition coefficient (Wildman–Crippen LogP) is 5.68. The summed E-state index contributed by atoms with van der Waals surface area (Å²) >= 11 is 6.38. The molecule has 5 aromatic rings. The third kappa shape index (κ3) is 3.77. The summed E-state index contributed by atoms with van der Waals surface area (Å²) in [5.41, 5.74) is 1.61. The van der Waals surface area contributed by atoms with Crippen LogP contribution in [0.3, 0.4) is 0 Å². The van der Waals surface area contributed by atoms with Crippen molar-refractivity contribution in [1.82, 2.24) is 14.9 Å². The molecule has 5 nitrogen and oxygen atoms in total. The van der Waals surface area contributed by atoms with Crippen molar-refractivity contribution in [2.24, 2.45) is 0 Å². The lowest BCUT2D eigenvalue weighted by Crippen LogP contribution is -2.32. The number of nitrogens with one attached hydrogen (secondary N) is 1. The number of aromatic nitrogens is 2. The number of pyridine rings is 2. The molecule has 0 aliphatic heterocycles. The molecular weight excluding hydrogens is 434 g/mol. The molecule has 1 N–H and O–H groups in total. The van der Waals surface area contributed by atoms with Gasteiger partial charge < -0.3 is 5.32 Å². The molecule has 2 heterocycles. The van der Waals surface area contributed by atoms with Crippen LogP contribution in [0.4, 0.5) is 0 Å². The van der Waals surface area contributed by atoms with Crippen LogP contribution >= 0.6 is 11.6 Å². The summed E-state index contributed by atoms with van der Waals surface area (Å²) in [7, 11) is 0. The van der Waals surface area contributed by atoms with Gasteiger partial charge in [-0.25, -0.2) is 0 Å². The van der Waals surface area contributed by atoms with Crippen LogP contribution < -0.4 is 10.9 Å². The fourth-order valence-corrected chi connectivity index (χ4v) is 4.41. The van der Waals surface area contributed by atoms with Gasteiger partial charge in [-0.3, -0.25) is 19.1 Å². The average Bonchev–Trinajstić information content (AvgIpc) is 2.84. The minimum Gasteiger partial charge on any atom is -0.344 e. The second-order valence-electron chi connectivity index (χ2n) is 7.85. The molecular formula is C27H20ClN3O2. The van der Waals surface area contributed by atoms with E-state index in [0.717, 1.165) is 16.2 Å². The molecule has 3 aromatic carbocycles. The fourth-order valence-electron chi connectivity index (χ4n) is 4.15. The number of hydrogen-bond donors (Lipinski definition) is 1. The molecule has 6 heteroatoms. The molecule has 1 amide bonds. The first-order chi connectivity index (χ1) is 16.0. The molecule has 0 bridgehead atoms. The SMILES string of the molecule is CC(NC(=O)c1cncc2ccccc12)c1cc2cccc(Cl)c2c(=O)n1-c1ccccc1. The first-order valence-electron chi connectivity index (χ1n) is 10.6. The molecule has 0 spiro atoms. The molecule has 0 fully saturated rings. The van der Waals surface area contributed by atoms with Crippen LogP contribution in [-0.2, 0) is 0 Å². The summed E-state index contributed by atoms with van der Waals surface area (Å²) < 4.78 is 1.61. The highest BCUT2D eigenvalue weighted by atomic mass is 35.5. The number of para-hydroxylation sites is 1. The Morgan fingerprint density at radius 3 is 2.48 bits per heavy atom. The normalized spacial score (nSPS) is 12.1. The zero-order chi connectivity index (χ0) is 22.9. The van der Waals surface area contributed by atoms with Gasteiger partial charge in [0.1, 0.15) is 0 Å². The number of carbonyl (C=O) groups is 1. The molecule has 0 saturated heterocycles. The van der Waals surface area contributed by atoms with Crippen LogP contribution in [-0.4, -0.2) is 15.5 Å². The monoisotopic (exact) mass is 453 g/mol. The van der Waals surface area contributed by atoms with Gasteiger partial charge in [0.25, 0.3) is 11.5 Å². The maximum absolute atomic E-state index is 13.6. The van der Waals surface area contributed by atoms with Gasteiger partial charge in [0.05, 0.1) is 22.0 Å². The van der Waals surface area contributed by atoms with Crippen molar-refractivity contribution in [1.29, 1.82) is 0 Å². The van der Waals surface area contributed by atoms with Crippen molar-refractivity contribution < 1.29 is 4.79 Å². The van der Waals surface area contributed by atoms with Crippen molar-refractivity contribution in [3.05, 3.63) is 118 Å². The Balaban J connectivity index is 1.63. The van der Waals surface area contributed by atoms with Crippen LogP contribution in [0.5, 0.6) is 0 Å². The lowest BCUT2D eigenvalue weighted by Gasteiger charge is -2.21. The zero-order valence-corrected chi connectivity index (χ0v) is 18.6. The van der Waals surface area contributed by atoms with Gasteiger partial charge in [-0.2, -0.15) is 0 Å². The molecule has 0 aliphatic rings. The van der Waals surface area contributed by atoms with E-state index in [4.69, 9.17) is 11.6 Å². The van der Waals surface area contributed by atoms with E-state index >= 15 is 0 Å². The van der Waals surface area contributed by atoms with Gasteiger partial charge in [-0.1, -0.05) is 66.2 Å². The summed E-state index contributed by atoms with van der Waals surface area (Å²) in [6, 6.07) is 23.8. The van der Waals surface area contributed by atoms with Crippen LogP contribution in [0.2, 0.25) is 5.02 Å². The Hall–Kier alpha value is -3.96. The second-order valence-corrected chi connectivity index (χ2v) is 8.26. The quantitative estimate of drug-likeness (QED) is 0.380. The number of halogens is 1. The van der Waals surface area contributed by atoms with Crippen molar-refractivity contribution in [3.8, 4) is 5.69 Å². The zero-order valence-electron chi connectivity index (χ0n) is 17.8. The van der Waals surface area contributed by atoms with Gasteiger partial charge in [0, 0.05) is 29.2 Å². The van der Waals surface area contributed by atoms with Gasteiger partial charge in [0.15, 0.2) is 0 Å². The van der Waals surface area contributed by atoms with E-state index in [-0.39, 0.29) is 11.5 Å². The third-order valence-corrected chi connectivity index (χ3v) is 6.06. The number of rotatable bonds is 4. The maximum Gasteiger partial charge on any atom is 0.264 e. The highest BCUT2D eigenvalue weighted by Gasteiger charge is 2.20. The average molecular weight is 454 g/mol. The van der Waals surface area contributed by atoms with Crippen LogP contribution in [0.25, 0.3) is 27.2 Å². The summed E-state index contributed by atoms with van der Waals surface area (Å²) in [6.07, 6.45) is 3.30. The molecule has 0 aliphatic carbocycles. The maximum atomic E-state index is 13.6. The Morgan fingerprint density at radius 2 is 1.67 bits per heavy atom. The Morgan fingerprint density at radius 1 is 0.939 bits per heavy atom. The lowest BCUT2D eigenvalue weighted by atomic mass is 10.1. The van der Waals surface area contributed by atoms with Gasteiger partial charge >= 0.3 is 0 Å². The van der Waals surface area contributed by atoms with E-state index in [1.165, 1.54) is 0 Å². The predicted molar refractivity (Wildman–Crippen MR) is 132 cm³/mol. The number of amides is 1. The summed E-state index contributed by atoms with van der Waals surface area (Å²) in [5, 5.41) is 6.33. The Kier molecular flexibility index (Phi) is 5.40. The number of benzene rings is 3. The van der Waals surface area contributed by atoms with E-state index in [1.807, 2.05) is 79.7 Å². The minimum atomic E-state index is -0.465. The summed E-state index contributed by atoms with van der Waals surface area (Å²) in [6.45, 7) is 1.86. The van der Waals surface area contributed by atoms with Crippen molar-refractivity contribution in [2.45, 2.75) is 13.0 Å². The molecule has 1 atom stereocenters. The highest BCUT2D eigenvalue weighted by Crippen LogP contribution is 2.26. The van der Waals surface area contributed by atoms with Crippen LogP contribution in [0.15, 0.2) is 96.1 Å². The van der Waals surface area contributed by atoms with E-state index in [2.05, 4.69) is 10.3 Å². The molecule has 1 unspecified atom stereocenters. The summed E-state index contributed by atoms with van der Waals surface area (Å²) in [5.74, 6) is -0.259. The standard InChI is InChI=1S/C27H20ClN3O2/c1-17(30-26(32)22-16-29-15-19-8-5-6-12-21(19)22)24-14-18-9-7-13-23(28)25(18)27(33)31(24)20-10-3-2-4-11-20/h2-17H,1H3,(H,30,32). The van der Waals surface area contributed by atoms with Crippen molar-refractivity contribution >= 4 is 39.1 Å². The second kappa shape index (κ2) is 8.52. The van der Waals surface area contributed by atoms with Crippen LogP contribution in [0.1, 0.15) is 29.0 Å². The van der Waals surface area contributed by atoms with Gasteiger partial charge in [-0.05, 0) is 42.0 Å². The van der Waals surface area contributed by atoms with E-state index in [9.17, 15) is 9.59 Å².